The van der Waals surface area contributed by atoms with Crippen molar-refractivity contribution < 1.29 is 14.6 Å². The van der Waals surface area contributed by atoms with Crippen LogP contribution in [0.5, 0.6) is 0 Å². The van der Waals surface area contributed by atoms with Gasteiger partial charge in [0.1, 0.15) is 6.61 Å². The Morgan fingerprint density at radius 2 is 2.15 bits per heavy atom. The van der Waals surface area contributed by atoms with Crippen LogP contribution in [-0.4, -0.2) is 23.8 Å². The fraction of sp³-hybridized carbons (Fsp3) is 0.700. The Hall–Kier alpha value is -0.830. The second-order valence-corrected chi connectivity index (χ2v) is 4.20. The molecule has 0 aliphatic heterocycles. The molecule has 0 amide bonds. The number of carbonyl (C=O) groups is 1. The van der Waals surface area contributed by atoms with Crippen LogP contribution >= 0.6 is 0 Å². The third kappa shape index (κ3) is 6.34. The molecular formula is C10H18O3. The number of aliphatic hydroxyl groups is 1. The molecule has 0 aromatic carbocycles. The number of rotatable bonds is 4. The molecule has 13 heavy (non-hydrogen) atoms. The van der Waals surface area contributed by atoms with Crippen LogP contribution < -0.4 is 0 Å². The van der Waals surface area contributed by atoms with Crippen molar-refractivity contribution in [3.63, 3.8) is 0 Å². The van der Waals surface area contributed by atoms with Gasteiger partial charge in [-0.1, -0.05) is 33.4 Å². The van der Waals surface area contributed by atoms with Crippen molar-refractivity contribution >= 4 is 5.97 Å². The Balaban J connectivity index is 3.89. The lowest BCUT2D eigenvalue weighted by Crippen LogP contribution is -2.28. The Bertz CT molecular complexity index is 179. The molecule has 0 spiro atoms. The number of aliphatic hydroxyl groups excluding tert-OH is 1. The average Bonchev–Trinajstić information content (AvgIpc) is 1.96. The van der Waals surface area contributed by atoms with Gasteiger partial charge >= 0.3 is 5.97 Å². The maximum absolute atomic E-state index is 11.1. The molecule has 1 N–H and O–H groups in total. The lowest BCUT2D eigenvalue weighted by atomic mass is 9.89. The summed E-state index contributed by atoms with van der Waals surface area (Å²) >= 11 is 0. The normalized spacial score (nSPS) is 13.5. The largest absolute Gasteiger partial charge is 0.460 e. The van der Waals surface area contributed by atoms with E-state index in [0.717, 1.165) is 0 Å². The molecule has 3 heteroatoms. The minimum Gasteiger partial charge on any atom is -0.460 e. The first-order valence-corrected chi connectivity index (χ1v) is 4.32. The maximum Gasteiger partial charge on any atom is 0.335 e. The highest BCUT2D eigenvalue weighted by Gasteiger charge is 2.23. The predicted molar refractivity (Wildman–Crippen MR) is 51.2 cm³/mol. The van der Waals surface area contributed by atoms with E-state index in [1.54, 1.807) is 0 Å². The van der Waals surface area contributed by atoms with E-state index in [2.05, 4.69) is 6.58 Å². The first kappa shape index (κ1) is 12.2. The Morgan fingerprint density at radius 3 is 2.54 bits per heavy atom. The third-order valence-electron chi connectivity index (χ3n) is 1.42. The number of ether oxygens (including phenoxy) is 1. The standard InChI is InChI=1S/C10H18O3/c1-5-6-13-9(12)8(11)7-10(2,3)4/h5,8,11H,1,6-7H2,2-4H3/t8-/m0/s1. The quantitative estimate of drug-likeness (QED) is 0.534. The van der Waals surface area contributed by atoms with E-state index < -0.39 is 12.1 Å². The molecule has 0 aliphatic carbocycles. The van der Waals surface area contributed by atoms with Crippen molar-refractivity contribution in [3.05, 3.63) is 12.7 Å². The van der Waals surface area contributed by atoms with E-state index in [-0.39, 0.29) is 12.0 Å². The van der Waals surface area contributed by atoms with Gasteiger partial charge in [-0.15, -0.1) is 0 Å². The monoisotopic (exact) mass is 186 g/mol. The number of esters is 1. The summed E-state index contributed by atoms with van der Waals surface area (Å²) in [6.45, 7) is 9.43. The minimum atomic E-state index is -1.03. The fourth-order valence-electron chi connectivity index (χ4n) is 0.901. The molecule has 0 fully saturated rings. The lowest BCUT2D eigenvalue weighted by Gasteiger charge is -2.20. The summed E-state index contributed by atoms with van der Waals surface area (Å²) < 4.78 is 4.69. The van der Waals surface area contributed by atoms with Crippen molar-refractivity contribution in [2.45, 2.75) is 33.3 Å². The second kappa shape index (κ2) is 5.02. The molecule has 1 atom stereocenters. The van der Waals surface area contributed by atoms with Crippen molar-refractivity contribution in [3.8, 4) is 0 Å². The lowest BCUT2D eigenvalue weighted by molar-refractivity contribution is -0.153. The van der Waals surface area contributed by atoms with Gasteiger partial charge in [-0.25, -0.2) is 4.79 Å². The summed E-state index contributed by atoms with van der Waals surface area (Å²) in [5.74, 6) is -0.574. The van der Waals surface area contributed by atoms with Gasteiger partial charge in [0.2, 0.25) is 0 Å². The molecule has 0 saturated heterocycles. The molecule has 0 aromatic heterocycles. The van der Waals surface area contributed by atoms with Crippen LogP contribution in [0.2, 0.25) is 0 Å². The molecule has 0 radical (unpaired) electrons. The number of hydrogen-bond acceptors (Lipinski definition) is 3. The SMILES string of the molecule is C=CCOC(=O)[C@@H](O)CC(C)(C)C. The van der Waals surface area contributed by atoms with E-state index in [1.165, 1.54) is 6.08 Å². The first-order chi connectivity index (χ1) is 5.87. The maximum atomic E-state index is 11.1. The first-order valence-electron chi connectivity index (χ1n) is 4.32. The van der Waals surface area contributed by atoms with Crippen molar-refractivity contribution in [2.75, 3.05) is 6.61 Å². The Kier molecular flexibility index (Phi) is 4.70. The van der Waals surface area contributed by atoms with Gasteiger partial charge in [-0.05, 0) is 11.8 Å². The minimum absolute atomic E-state index is 0.0768. The average molecular weight is 186 g/mol. The van der Waals surface area contributed by atoms with Gasteiger partial charge in [0, 0.05) is 0 Å². The van der Waals surface area contributed by atoms with Gasteiger partial charge in [0.25, 0.3) is 0 Å². The van der Waals surface area contributed by atoms with Gasteiger partial charge in [0.05, 0.1) is 0 Å². The highest BCUT2D eigenvalue weighted by molar-refractivity contribution is 5.74. The topological polar surface area (TPSA) is 46.5 Å². The fourth-order valence-corrected chi connectivity index (χ4v) is 0.901. The second-order valence-electron chi connectivity index (χ2n) is 4.20. The Morgan fingerprint density at radius 1 is 1.62 bits per heavy atom. The zero-order chi connectivity index (χ0) is 10.5. The summed E-state index contributed by atoms with van der Waals surface area (Å²) in [5, 5.41) is 9.37. The molecule has 0 heterocycles. The highest BCUT2D eigenvalue weighted by atomic mass is 16.5. The third-order valence-corrected chi connectivity index (χ3v) is 1.42. The van der Waals surface area contributed by atoms with E-state index in [1.807, 2.05) is 20.8 Å². The zero-order valence-electron chi connectivity index (χ0n) is 8.54. The summed E-state index contributed by atoms with van der Waals surface area (Å²) in [5.41, 5.74) is -0.0768. The molecule has 0 rings (SSSR count). The Labute approximate surface area is 79.4 Å². The number of hydrogen-bond donors (Lipinski definition) is 1. The molecular weight excluding hydrogens is 168 g/mol. The molecule has 3 nitrogen and oxygen atoms in total. The van der Waals surface area contributed by atoms with Crippen molar-refractivity contribution in [1.29, 1.82) is 0 Å². The van der Waals surface area contributed by atoms with Crippen LogP contribution in [0.15, 0.2) is 12.7 Å². The molecule has 76 valence electrons. The van der Waals surface area contributed by atoms with E-state index >= 15 is 0 Å². The van der Waals surface area contributed by atoms with Crippen LogP contribution in [0.25, 0.3) is 0 Å². The van der Waals surface area contributed by atoms with Crippen molar-refractivity contribution in [2.24, 2.45) is 5.41 Å². The van der Waals surface area contributed by atoms with E-state index in [4.69, 9.17) is 4.74 Å². The molecule has 0 saturated carbocycles. The number of carbonyl (C=O) groups excluding carboxylic acids is 1. The summed E-state index contributed by atoms with van der Waals surface area (Å²) in [4.78, 5) is 11.1. The van der Waals surface area contributed by atoms with Crippen molar-refractivity contribution in [1.82, 2.24) is 0 Å². The predicted octanol–water partition coefficient (Wildman–Crippen LogP) is 1.51. The highest BCUT2D eigenvalue weighted by Crippen LogP contribution is 2.21. The van der Waals surface area contributed by atoms with Crippen LogP contribution in [0, 0.1) is 5.41 Å². The summed E-state index contributed by atoms with van der Waals surface area (Å²) in [7, 11) is 0. The molecule has 0 aliphatic rings. The molecule has 0 unspecified atom stereocenters. The zero-order valence-corrected chi connectivity index (χ0v) is 8.54. The summed E-state index contributed by atoms with van der Waals surface area (Å²) in [6.07, 6.45) is 0.852. The summed E-state index contributed by atoms with van der Waals surface area (Å²) in [6, 6.07) is 0. The molecule has 0 bridgehead atoms. The van der Waals surface area contributed by atoms with Crippen LogP contribution in [0.3, 0.4) is 0 Å². The van der Waals surface area contributed by atoms with Crippen LogP contribution in [0.1, 0.15) is 27.2 Å². The smallest absolute Gasteiger partial charge is 0.335 e. The van der Waals surface area contributed by atoms with E-state index in [9.17, 15) is 9.90 Å². The molecule has 0 aromatic rings. The van der Waals surface area contributed by atoms with Gasteiger partial charge in [-0.3, -0.25) is 0 Å². The van der Waals surface area contributed by atoms with Gasteiger partial charge in [0.15, 0.2) is 6.10 Å². The van der Waals surface area contributed by atoms with Crippen LogP contribution in [-0.2, 0) is 9.53 Å². The van der Waals surface area contributed by atoms with Crippen LogP contribution in [0.4, 0.5) is 0 Å². The van der Waals surface area contributed by atoms with E-state index in [0.29, 0.717) is 6.42 Å². The van der Waals surface area contributed by atoms with Gasteiger partial charge in [-0.2, -0.15) is 0 Å². The van der Waals surface area contributed by atoms with Gasteiger partial charge < -0.3 is 9.84 Å².